The fourth-order valence-electron chi connectivity index (χ4n) is 4.58. The monoisotopic (exact) mass is 405 g/mol. The third kappa shape index (κ3) is 3.28. The van der Waals surface area contributed by atoms with Crippen LogP contribution in [0.25, 0.3) is 21.9 Å². The molecule has 2 fully saturated rings. The molecule has 4 heterocycles. The van der Waals surface area contributed by atoms with Gasteiger partial charge in [0.15, 0.2) is 0 Å². The predicted molar refractivity (Wildman–Crippen MR) is 102 cm³/mol. The molecule has 2 aliphatic heterocycles. The van der Waals surface area contributed by atoms with E-state index in [4.69, 9.17) is 14.5 Å². The van der Waals surface area contributed by atoms with Crippen molar-refractivity contribution in [3.63, 3.8) is 0 Å². The van der Waals surface area contributed by atoms with Gasteiger partial charge in [-0.1, -0.05) is 0 Å². The van der Waals surface area contributed by atoms with Crippen LogP contribution in [0.5, 0.6) is 0 Å². The maximum atomic E-state index is 13.4. The molecule has 2 aliphatic rings. The molecule has 154 valence electrons. The topological polar surface area (TPSA) is 49.2 Å². The number of benzene rings is 1. The second-order valence-electron chi connectivity index (χ2n) is 7.98. The zero-order valence-corrected chi connectivity index (χ0v) is 16.1. The Morgan fingerprint density at radius 3 is 2.72 bits per heavy atom. The highest BCUT2D eigenvalue weighted by molar-refractivity contribution is 6.02. The highest BCUT2D eigenvalue weighted by Crippen LogP contribution is 2.39. The van der Waals surface area contributed by atoms with Crippen LogP contribution >= 0.6 is 0 Å². The lowest BCUT2D eigenvalue weighted by Gasteiger charge is -2.31. The molecule has 0 spiro atoms. The van der Waals surface area contributed by atoms with Crippen LogP contribution in [0, 0.1) is 0 Å². The average molecular weight is 405 g/mol. The largest absolute Gasteiger partial charge is 0.416 e. The second kappa shape index (κ2) is 6.95. The van der Waals surface area contributed by atoms with Crippen molar-refractivity contribution in [3.8, 4) is 0 Å². The molecule has 0 amide bonds. The third-order valence-corrected chi connectivity index (χ3v) is 5.99. The maximum Gasteiger partial charge on any atom is 0.416 e. The molecule has 1 unspecified atom stereocenters. The number of imidazole rings is 1. The van der Waals surface area contributed by atoms with Crippen LogP contribution in [-0.4, -0.2) is 40.5 Å². The molecule has 2 saturated heterocycles. The van der Waals surface area contributed by atoms with E-state index < -0.39 is 11.7 Å². The highest BCUT2D eigenvalue weighted by Gasteiger charge is 2.33. The van der Waals surface area contributed by atoms with Crippen LogP contribution < -0.4 is 0 Å². The van der Waals surface area contributed by atoms with Gasteiger partial charge in [-0.05, 0) is 44.4 Å². The van der Waals surface area contributed by atoms with Crippen LogP contribution in [0.15, 0.2) is 24.4 Å². The van der Waals surface area contributed by atoms with Crippen molar-refractivity contribution in [1.82, 2.24) is 14.5 Å². The Balaban J connectivity index is 1.78. The first-order valence-electron chi connectivity index (χ1n) is 9.99. The minimum atomic E-state index is -4.41. The van der Waals surface area contributed by atoms with Gasteiger partial charge in [0, 0.05) is 30.6 Å². The summed E-state index contributed by atoms with van der Waals surface area (Å²) >= 11 is 0. The van der Waals surface area contributed by atoms with Crippen LogP contribution in [-0.2, 0) is 15.7 Å². The first kappa shape index (κ1) is 18.8. The Morgan fingerprint density at radius 1 is 1.14 bits per heavy atom. The van der Waals surface area contributed by atoms with E-state index in [2.05, 4.69) is 9.55 Å². The molecule has 0 radical (unpaired) electrons. The number of hydrogen-bond acceptors (Lipinski definition) is 4. The summed E-state index contributed by atoms with van der Waals surface area (Å²) in [5.74, 6) is 1.03. The van der Waals surface area contributed by atoms with Gasteiger partial charge in [0.25, 0.3) is 0 Å². The molecule has 3 aromatic rings. The quantitative estimate of drug-likeness (QED) is 0.612. The Labute approximate surface area is 165 Å². The van der Waals surface area contributed by atoms with Crippen LogP contribution in [0.4, 0.5) is 13.2 Å². The van der Waals surface area contributed by atoms with Gasteiger partial charge in [0.05, 0.1) is 35.5 Å². The summed E-state index contributed by atoms with van der Waals surface area (Å²) in [6.07, 6.45) is -0.174. The number of halogens is 3. The summed E-state index contributed by atoms with van der Waals surface area (Å²) in [7, 11) is 0. The molecule has 0 saturated carbocycles. The summed E-state index contributed by atoms with van der Waals surface area (Å²) in [6, 6.07) is 3.87. The number of rotatable bonds is 2. The van der Waals surface area contributed by atoms with Crippen molar-refractivity contribution in [2.75, 3.05) is 19.8 Å². The van der Waals surface area contributed by atoms with E-state index in [1.165, 1.54) is 12.1 Å². The molecule has 1 aromatic carbocycles. The summed E-state index contributed by atoms with van der Waals surface area (Å²) in [6.45, 7) is 3.92. The number of alkyl halides is 3. The van der Waals surface area contributed by atoms with E-state index in [0.717, 1.165) is 36.7 Å². The van der Waals surface area contributed by atoms with Crippen molar-refractivity contribution in [2.24, 2.45) is 0 Å². The van der Waals surface area contributed by atoms with Gasteiger partial charge in [0.1, 0.15) is 11.3 Å². The minimum absolute atomic E-state index is 0.0951. The lowest BCUT2D eigenvalue weighted by molar-refractivity contribution is -0.137. The van der Waals surface area contributed by atoms with Gasteiger partial charge < -0.3 is 14.0 Å². The summed E-state index contributed by atoms with van der Waals surface area (Å²) in [5, 5.41) is 0.495. The number of ether oxygens (including phenoxy) is 2. The van der Waals surface area contributed by atoms with E-state index in [1.807, 2.05) is 6.92 Å². The van der Waals surface area contributed by atoms with Crippen LogP contribution in [0.1, 0.15) is 49.5 Å². The molecule has 3 atom stereocenters. The second-order valence-corrected chi connectivity index (χ2v) is 7.98. The van der Waals surface area contributed by atoms with Crippen molar-refractivity contribution in [1.29, 1.82) is 0 Å². The van der Waals surface area contributed by atoms with Gasteiger partial charge in [-0.2, -0.15) is 13.2 Å². The Kier molecular flexibility index (Phi) is 4.51. The number of pyridine rings is 1. The molecule has 5 nitrogen and oxygen atoms in total. The normalized spacial score (nSPS) is 25.9. The van der Waals surface area contributed by atoms with Crippen molar-refractivity contribution in [2.45, 2.75) is 50.4 Å². The fraction of sp³-hybridized carbons (Fsp3) is 0.524. The minimum Gasteiger partial charge on any atom is -0.381 e. The Bertz CT molecular complexity index is 1060. The molecule has 2 aromatic heterocycles. The van der Waals surface area contributed by atoms with Gasteiger partial charge in [-0.15, -0.1) is 0 Å². The standard InChI is InChI=1S/C21H22F3N3O2/c1-12-8-15(5-7-29-12)27-19-16-9-14(21(22,23)24)2-3-17(16)25-10-18(19)26-20(27)13-4-6-28-11-13/h2-3,9-10,12-13,15H,4-8,11H2,1H3/t12-,13?,15-/m1/s1. The van der Waals surface area contributed by atoms with Gasteiger partial charge in [-0.3, -0.25) is 4.98 Å². The molecule has 8 heteroatoms. The zero-order chi connectivity index (χ0) is 20.2. The molecular formula is C21H22F3N3O2. The lowest BCUT2D eigenvalue weighted by Crippen LogP contribution is -2.27. The summed E-state index contributed by atoms with van der Waals surface area (Å²) in [4.78, 5) is 9.21. The van der Waals surface area contributed by atoms with E-state index in [9.17, 15) is 13.2 Å². The van der Waals surface area contributed by atoms with Crippen LogP contribution in [0.3, 0.4) is 0 Å². The lowest BCUT2D eigenvalue weighted by atomic mass is 10.0. The molecule has 0 N–H and O–H groups in total. The van der Waals surface area contributed by atoms with Gasteiger partial charge >= 0.3 is 6.18 Å². The van der Waals surface area contributed by atoms with Gasteiger partial charge in [-0.25, -0.2) is 4.98 Å². The smallest absolute Gasteiger partial charge is 0.381 e. The molecule has 5 rings (SSSR count). The van der Waals surface area contributed by atoms with E-state index in [1.54, 1.807) is 6.20 Å². The molecular weight excluding hydrogens is 383 g/mol. The molecule has 29 heavy (non-hydrogen) atoms. The Morgan fingerprint density at radius 2 is 2.00 bits per heavy atom. The van der Waals surface area contributed by atoms with E-state index in [-0.39, 0.29) is 18.1 Å². The van der Waals surface area contributed by atoms with Gasteiger partial charge in [0.2, 0.25) is 0 Å². The predicted octanol–water partition coefficient (Wildman–Crippen LogP) is 4.85. The van der Waals surface area contributed by atoms with E-state index in [0.29, 0.717) is 36.2 Å². The number of aromatic nitrogens is 3. The zero-order valence-electron chi connectivity index (χ0n) is 16.1. The maximum absolute atomic E-state index is 13.4. The SMILES string of the molecule is C[C@@H]1C[C@H](n2c(C3CCOC3)nc3cnc4ccc(C(F)(F)F)cc4c32)CCO1. The highest BCUT2D eigenvalue weighted by atomic mass is 19.4. The molecule has 0 aliphatic carbocycles. The number of nitrogens with zero attached hydrogens (tertiary/aromatic N) is 3. The van der Waals surface area contributed by atoms with Crippen LogP contribution in [0.2, 0.25) is 0 Å². The Hall–Kier alpha value is -2.19. The van der Waals surface area contributed by atoms with Crippen molar-refractivity contribution < 1.29 is 22.6 Å². The van der Waals surface area contributed by atoms with Crippen molar-refractivity contribution in [3.05, 3.63) is 35.8 Å². The first-order chi connectivity index (χ1) is 13.9. The number of hydrogen-bond donors (Lipinski definition) is 0. The van der Waals surface area contributed by atoms with E-state index >= 15 is 0 Å². The van der Waals surface area contributed by atoms with Crippen molar-refractivity contribution >= 4 is 21.9 Å². The fourth-order valence-corrected chi connectivity index (χ4v) is 4.58. The first-order valence-corrected chi connectivity index (χ1v) is 9.99. The number of fused-ring (bicyclic) bond motifs is 3. The molecule has 0 bridgehead atoms. The summed E-state index contributed by atoms with van der Waals surface area (Å²) < 4.78 is 53.7. The third-order valence-electron chi connectivity index (χ3n) is 5.99. The average Bonchev–Trinajstić information content (AvgIpc) is 3.34. The summed E-state index contributed by atoms with van der Waals surface area (Å²) in [5.41, 5.74) is 1.25.